The van der Waals surface area contributed by atoms with Gasteiger partial charge in [0.1, 0.15) is 17.7 Å². The number of benzene rings is 2. The standard InChI is InChI=1S/C30H35N3O6/c1-30(2,3)39-29(38)33-23-12-7-6-10-20(23)16-25(33)28(37)31-14-8-13-24(31)27(36)32-18-21-11-5-4-9-19(21)15-22(32)17-26(34)35/h4-7,9-12,22,24-25H,8,13-18H2,1-3H3,(H,34,35)/t22?,24-,25-/m1/s1. The molecule has 1 saturated heterocycles. The molecule has 39 heavy (non-hydrogen) atoms. The van der Waals surface area contributed by atoms with Crippen molar-refractivity contribution in [3.8, 4) is 0 Å². The van der Waals surface area contributed by atoms with Crippen molar-refractivity contribution in [2.24, 2.45) is 0 Å². The topological polar surface area (TPSA) is 107 Å². The zero-order valence-corrected chi connectivity index (χ0v) is 22.6. The van der Waals surface area contributed by atoms with E-state index in [4.69, 9.17) is 4.74 Å². The highest BCUT2D eigenvalue weighted by atomic mass is 16.6. The normalized spacial score (nSPS) is 22.3. The molecule has 0 spiro atoms. The number of amides is 3. The molecule has 206 valence electrons. The number of carboxylic acid groups (broad SMARTS) is 1. The first kappa shape index (κ1) is 26.7. The Bertz CT molecular complexity index is 1300. The Kier molecular flexibility index (Phi) is 7.09. The maximum Gasteiger partial charge on any atom is 0.415 e. The summed E-state index contributed by atoms with van der Waals surface area (Å²) in [4.78, 5) is 57.7. The average molecular weight is 534 g/mol. The molecule has 3 amide bonds. The van der Waals surface area contributed by atoms with Gasteiger partial charge in [-0.2, -0.15) is 0 Å². The summed E-state index contributed by atoms with van der Waals surface area (Å²) in [5, 5.41) is 9.56. The number of fused-ring (bicyclic) bond motifs is 2. The van der Waals surface area contributed by atoms with Crippen LogP contribution in [0.25, 0.3) is 0 Å². The molecule has 0 radical (unpaired) electrons. The van der Waals surface area contributed by atoms with Crippen LogP contribution in [0.4, 0.5) is 10.5 Å². The average Bonchev–Trinajstić information content (AvgIpc) is 3.51. The summed E-state index contributed by atoms with van der Waals surface area (Å²) in [5.74, 6) is -1.49. The quantitative estimate of drug-likeness (QED) is 0.641. The highest BCUT2D eigenvalue weighted by Crippen LogP contribution is 2.36. The number of nitrogens with zero attached hydrogens (tertiary/aromatic N) is 3. The van der Waals surface area contributed by atoms with Crippen LogP contribution in [-0.4, -0.2) is 69.1 Å². The minimum absolute atomic E-state index is 0.162. The summed E-state index contributed by atoms with van der Waals surface area (Å²) in [7, 11) is 0. The Hall–Kier alpha value is -3.88. The van der Waals surface area contributed by atoms with Crippen LogP contribution in [0.2, 0.25) is 0 Å². The SMILES string of the molecule is CC(C)(C)OC(=O)N1c2ccccc2C[C@@H]1C(=O)N1CCC[C@@H]1C(=O)N1Cc2ccccc2CC1CC(=O)O. The van der Waals surface area contributed by atoms with Crippen molar-refractivity contribution in [3.05, 3.63) is 65.2 Å². The van der Waals surface area contributed by atoms with Gasteiger partial charge in [-0.3, -0.25) is 19.3 Å². The van der Waals surface area contributed by atoms with Crippen molar-refractivity contribution in [1.29, 1.82) is 0 Å². The number of carbonyl (C=O) groups is 4. The fourth-order valence-corrected chi connectivity index (χ4v) is 6.02. The van der Waals surface area contributed by atoms with Gasteiger partial charge in [-0.05, 0) is 62.8 Å². The van der Waals surface area contributed by atoms with Crippen LogP contribution in [0.1, 0.15) is 56.7 Å². The predicted octanol–water partition coefficient (Wildman–Crippen LogP) is 3.77. The lowest BCUT2D eigenvalue weighted by atomic mass is 9.91. The zero-order valence-electron chi connectivity index (χ0n) is 22.6. The Morgan fingerprint density at radius 3 is 2.21 bits per heavy atom. The fourth-order valence-electron chi connectivity index (χ4n) is 6.02. The van der Waals surface area contributed by atoms with E-state index in [1.807, 2.05) is 42.5 Å². The van der Waals surface area contributed by atoms with Crippen LogP contribution in [-0.2, 0) is 38.5 Å². The van der Waals surface area contributed by atoms with Crippen LogP contribution in [0, 0.1) is 0 Å². The van der Waals surface area contributed by atoms with Gasteiger partial charge in [-0.25, -0.2) is 4.79 Å². The predicted molar refractivity (Wildman–Crippen MR) is 144 cm³/mol. The van der Waals surface area contributed by atoms with Crippen LogP contribution in [0.5, 0.6) is 0 Å². The zero-order chi connectivity index (χ0) is 27.9. The molecule has 0 bridgehead atoms. The second kappa shape index (κ2) is 10.4. The number of rotatable bonds is 4. The van der Waals surface area contributed by atoms with Crippen molar-refractivity contribution in [3.63, 3.8) is 0 Å². The van der Waals surface area contributed by atoms with Gasteiger partial charge >= 0.3 is 12.1 Å². The number of hydrogen-bond donors (Lipinski definition) is 1. The Morgan fingerprint density at radius 1 is 0.872 bits per heavy atom. The number of likely N-dealkylation sites (tertiary alicyclic amines) is 1. The lowest BCUT2D eigenvalue weighted by molar-refractivity contribution is -0.148. The largest absolute Gasteiger partial charge is 0.481 e. The van der Waals surface area contributed by atoms with E-state index in [1.54, 1.807) is 36.6 Å². The number of ether oxygens (including phenoxy) is 1. The van der Waals surface area contributed by atoms with Gasteiger partial charge < -0.3 is 19.6 Å². The van der Waals surface area contributed by atoms with Crippen LogP contribution in [0.15, 0.2) is 48.5 Å². The molecule has 0 saturated carbocycles. The van der Waals surface area contributed by atoms with Gasteiger partial charge in [0.2, 0.25) is 11.8 Å². The van der Waals surface area contributed by atoms with Gasteiger partial charge in [0.25, 0.3) is 0 Å². The van der Waals surface area contributed by atoms with Crippen molar-refractivity contribution in [2.75, 3.05) is 11.4 Å². The Morgan fingerprint density at radius 2 is 1.51 bits per heavy atom. The molecule has 0 aromatic heterocycles. The molecule has 9 nitrogen and oxygen atoms in total. The van der Waals surface area contributed by atoms with Gasteiger partial charge in [-0.1, -0.05) is 42.5 Å². The summed E-state index contributed by atoms with van der Waals surface area (Å²) >= 11 is 0. The van der Waals surface area contributed by atoms with E-state index < -0.39 is 35.8 Å². The third-order valence-corrected chi connectivity index (χ3v) is 7.72. The van der Waals surface area contributed by atoms with Crippen molar-refractivity contribution >= 4 is 29.6 Å². The van der Waals surface area contributed by atoms with E-state index in [2.05, 4.69) is 0 Å². The minimum Gasteiger partial charge on any atom is -0.481 e. The van der Waals surface area contributed by atoms with E-state index in [0.29, 0.717) is 44.5 Å². The highest BCUT2D eigenvalue weighted by Gasteiger charge is 2.47. The summed E-state index contributed by atoms with van der Waals surface area (Å²) < 4.78 is 5.66. The van der Waals surface area contributed by atoms with Crippen LogP contribution >= 0.6 is 0 Å². The first-order valence-electron chi connectivity index (χ1n) is 13.5. The number of carbonyl (C=O) groups excluding carboxylic acids is 3. The molecule has 0 aliphatic carbocycles. The molecule has 3 aliphatic heterocycles. The Balaban J connectivity index is 1.41. The molecule has 3 heterocycles. The second-order valence-corrected chi connectivity index (χ2v) is 11.6. The number of carboxylic acids is 1. The van der Waals surface area contributed by atoms with E-state index in [9.17, 15) is 24.3 Å². The number of aliphatic carboxylic acids is 1. The van der Waals surface area contributed by atoms with Gasteiger partial charge in [-0.15, -0.1) is 0 Å². The molecule has 9 heteroatoms. The van der Waals surface area contributed by atoms with Crippen molar-refractivity contribution < 1.29 is 29.0 Å². The van der Waals surface area contributed by atoms with Gasteiger partial charge in [0, 0.05) is 25.6 Å². The summed E-state index contributed by atoms with van der Waals surface area (Å²) in [5.41, 5.74) is 2.81. The van der Waals surface area contributed by atoms with Gasteiger partial charge in [0.15, 0.2) is 0 Å². The molecule has 3 atom stereocenters. The monoisotopic (exact) mass is 533 g/mol. The summed E-state index contributed by atoms with van der Waals surface area (Å²) in [6.45, 7) is 6.05. The number of hydrogen-bond acceptors (Lipinski definition) is 5. The van der Waals surface area contributed by atoms with Crippen molar-refractivity contribution in [2.45, 2.75) is 83.1 Å². The van der Waals surface area contributed by atoms with E-state index in [0.717, 1.165) is 16.7 Å². The molecule has 1 unspecified atom stereocenters. The maximum atomic E-state index is 14.1. The number of para-hydroxylation sites is 1. The lowest BCUT2D eigenvalue weighted by Crippen LogP contribution is -2.57. The smallest absolute Gasteiger partial charge is 0.415 e. The first-order valence-corrected chi connectivity index (χ1v) is 13.5. The maximum absolute atomic E-state index is 14.1. The molecular weight excluding hydrogens is 498 g/mol. The van der Waals surface area contributed by atoms with Gasteiger partial charge in [0.05, 0.1) is 12.1 Å². The van der Waals surface area contributed by atoms with Crippen molar-refractivity contribution in [1.82, 2.24) is 9.80 Å². The Labute approximate surface area is 228 Å². The van der Waals surface area contributed by atoms with E-state index in [1.165, 1.54) is 4.90 Å². The molecule has 3 aliphatic rings. The third kappa shape index (κ3) is 5.35. The summed E-state index contributed by atoms with van der Waals surface area (Å²) in [6.07, 6.45) is 1.19. The van der Waals surface area contributed by atoms with Crippen LogP contribution in [0.3, 0.4) is 0 Å². The minimum atomic E-state index is -0.965. The van der Waals surface area contributed by atoms with Crippen LogP contribution < -0.4 is 4.90 Å². The molecule has 1 N–H and O–H groups in total. The molecule has 5 rings (SSSR count). The third-order valence-electron chi connectivity index (χ3n) is 7.72. The molecular formula is C30H35N3O6. The molecule has 2 aromatic rings. The molecule has 1 fully saturated rings. The highest BCUT2D eigenvalue weighted by molar-refractivity contribution is 6.02. The van der Waals surface area contributed by atoms with E-state index in [-0.39, 0.29) is 18.2 Å². The molecule has 2 aromatic carbocycles. The lowest BCUT2D eigenvalue weighted by Gasteiger charge is -2.40. The summed E-state index contributed by atoms with van der Waals surface area (Å²) in [6, 6.07) is 13.1. The first-order chi connectivity index (χ1) is 18.5. The van der Waals surface area contributed by atoms with E-state index >= 15 is 0 Å². The fraction of sp³-hybridized carbons (Fsp3) is 0.467. The second-order valence-electron chi connectivity index (χ2n) is 11.6. The number of anilines is 1.